The number of carbonyl (C=O) groups is 2. The lowest BCUT2D eigenvalue weighted by molar-refractivity contribution is 0.0387. The van der Waals surface area contributed by atoms with E-state index in [9.17, 15) is 23.1 Å². The van der Waals surface area contributed by atoms with Gasteiger partial charge in [-0.25, -0.2) is 13.2 Å². The van der Waals surface area contributed by atoms with Crippen LogP contribution in [-0.4, -0.2) is 79.6 Å². The minimum atomic E-state index is -3.76. The number of urea groups is 1. The van der Waals surface area contributed by atoms with E-state index in [0.29, 0.717) is 5.69 Å². The molecule has 10 nitrogen and oxygen atoms in total. The van der Waals surface area contributed by atoms with Crippen LogP contribution in [0.2, 0.25) is 0 Å². The molecule has 3 atom stereocenters. The molecule has 3 amide bonds. The average molecular weight is 533 g/mol. The summed E-state index contributed by atoms with van der Waals surface area (Å²) < 4.78 is 33.8. The minimum Gasteiger partial charge on any atom is -0.488 e. The highest BCUT2D eigenvalue weighted by molar-refractivity contribution is 7.89. The summed E-state index contributed by atoms with van der Waals surface area (Å²) in [5, 5.41) is 15.3. The summed E-state index contributed by atoms with van der Waals surface area (Å²) in [6.07, 6.45) is -0.591. The summed E-state index contributed by atoms with van der Waals surface area (Å²) in [6.45, 7) is 7.35. The number of amides is 3. The van der Waals surface area contributed by atoms with Crippen molar-refractivity contribution in [2.45, 2.75) is 50.8 Å². The monoisotopic (exact) mass is 532 g/mol. The van der Waals surface area contributed by atoms with E-state index < -0.39 is 28.2 Å². The Hall–Kier alpha value is -3.15. The number of carbonyl (C=O) groups excluding carboxylic acids is 2. The van der Waals surface area contributed by atoms with Crippen LogP contribution in [0.1, 0.15) is 38.1 Å². The molecule has 0 saturated carbocycles. The Morgan fingerprint density at radius 1 is 1.19 bits per heavy atom. The van der Waals surface area contributed by atoms with Gasteiger partial charge in [-0.05, 0) is 51.1 Å². The Morgan fingerprint density at radius 2 is 1.86 bits per heavy atom. The molecule has 11 heteroatoms. The van der Waals surface area contributed by atoms with E-state index in [1.54, 1.807) is 42.2 Å². The number of likely N-dealkylation sites (N-methyl/N-ethyl adjacent to an activating group) is 1. The van der Waals surface area contributed by atoms with Gasteiger partial charge < -0.3 is 25.4 Å². The number of ether oxygens (including phenoxy) is 1. The molecule has 0 unspecified atom stereocenters. The Morgan fingerprint density at radius 3 is 2.49 bits per heavy atom. The summed E-state index contributed by atoms with van der Waals surface area (Å²) in [5.74, 6) is -0.328. The highest BCUT2D eigenvalue weighted by Crippen LogP contribution is 2.31. The molecule has 0 bridgehead atoms. The van der Waals surface area contributed by atoms with Gasteiger partial charge in [0.2, 0.25) is 10.0 Å². The minimum absolute atomic E-state index is 0.0458. The lowest BCUT2D eigenvalue weighted by Gasteiger charge is -2.38. The molecular formula is C26H36N4O6S. The van der Waals surface area contributed by atoms with Gasteiger partial charge in [0.1, 0.15) is 11.9 Å². The first-order chi connectivity index (χ1) is 17.4. The molecule has 202 valence electrons. The first kappa shape index (κ1) is 28.4. The van der Waals surface area contributed by atoms with E-state index in [0.717, 1.165) is 0 Å². The summed E-state index contributed by atoms with van der Waals surface area (Å²) >= 11 is 0. The molecule has 0 radical (unpaired) electrons. The Balaban J connectivity index is 1.95. The fraction of sp³-hybridized carbons (Fsp3) is 0.462. The van der Waals surface area contributed by atoms with Crippen LogP contribution in [0.5, 0.6) is 5.75 Å². The number of rotatable bonds is 8. The topological polar surface area (TPSA) is 128 Å². The molecular weight excluding hydrogens is 496 g/mol. The molecule has 0 saturated heterocycles. The summed E-state index contributed by atoms with van der Waals surface area (Å²) in [4.78, 5) is 27.5. The molecule has 37 heavy (non-hydrogen) atoms. The Bertz CT molecular complexity index is 1200. The first-order valence-corrected chi connectivity index (χ1v) is 13.7. The van der Waals surface area contributed by atoms with Gasteiger partial charge in [0.15, 0.2) is 0 Å². The van der Waals surface area contributed by atoms with Crippen LogP contribution in [0.4, 0.5) is 10.5 Å². The number of nitrogens with one attached hydrogen (secondary N) is 2. The molecule has 2 aromatic rings. The zero-order valence-corrected chi connectivity index (χ0v) is 22.7. The van der Waals surface area contributed by atoms with Crippen molar-refractivity contribution >= 4 is 27.6 Å². The zero-order chi connectivity index (χ0) is 27.3. The zero-order valence-electron chi connectivity index (χ0n) is 21.8. The van der Waals surface area contributed by atoms with Gasteiger partial charge >= 0.3 is 6.03 Å². The molecule has 0 spiro atoms. The van der Waals surface area contributed by atoms with E-state index in [1.807, 2.05) is 20.8 Å². The van der Waals surface area contributed by atoms with Crippen LogP contribution < -0.4 is 15.4 Å². The number of anilines is 1. The van der Waals surface area contributed by atoms with Crippen molar-refractivity contribution in [3.63, 3.8) is 0 Å². The van der Waals surface area contributed by atoms with Gasteiger partial charge in [0, 0.05) is 31.2 Å². The van der Waals surface area contributed by atoms with Gasteiger partial charge in [0.25, 0.3) is 5.91 Å². The van der Waals surface area contributed by atoms with Gasteiger partial charge in [-0.1, -0.05) is 25.1 Å². The van der Waals surface area contributed by atoms with E-state index >= 15 is 0 Å². The summed E-state index contributed by atoms with van der Waals surface area (Å²) in [5.41, 5.74) is 0.618. The van der Waals surface area contributed by atoms with E-state index in [1.165, 1.54) is 29.6 Å². The highest BCUT2D eigenvalue weighted by atomic mass is 32.2. The summed E-state index contributed by atoms with van der Waals surface area (Å²) in [7, 11) is -2.26. The van der Waals surface area contributed by atoms with Gasteiger partial charge in [-0.2, -0.15) is 4.31 Å². The fourth-order valence-corrected chi connectivity index (χ4v) is 5.28. The number of fused-ring (bicyclic) bond motifs is 1. The van der Waals surface area contributed by atoms with Gasteiger partial charge in [-0.3, -0.25) is 4.79 Å². The van der Waals surface area contributed by atoms with Crippen molar-refractivity contribution in [2.24, 2.45) is 5.92 Å². The number of aliphatic hydroxyl groups is 1. The average Bonchev–Trinajstić information content (AvgIpc) is 2.85. The van der Waals surface area contributed by atoms with Crippen LogP contribution in [0.25, 0.3) is 0 Å². The number of hydrogen-bond acceptors (Lipinski definition) is 6. The van der Waals surface area contributed by atoms with Crippen molar-refractivity contribution < 1.29 is 27.9 Å². The third kappa shape index (κ3) is 6.79. The molecule has 1 heterocycles. The fourth-order valence-electron chi connectivity index (χ4n) is 4.07. The number of hydrogen-bond donors (Lipinski definition) is 3. The van der Waals surface area contributed by atoms with Crippen molar-refractivity contribution in [3.05, 3.63) is 54.1 Å². The molecule has 0 fully saturated rings. The number of aliphatic hydroxyl groups excluding tert-OH is 1. The van der Waals surface area contributed by atoms with Crippen molar-refractivity contribution in [1.82, 2.24) is 14.5 Å². The Kier molecular flexibility index (Phi) is 9.16. The first-order valence-electron chi connectivity index (χ1n) is 12.3. The largest absolute Gasteiger partial charge is 0.488 e. The number of sulfonamides is 1. The van der Waals surface area contributed by atoms with Gasteiger partial charge in [-0.15, -0.1) is 0 Å². The predicted molar refractivity (Wildman–Crippen MR) is 141 cm³/mol. The van der Waals surface area contributed by atoms with Crippen LogP contribution in [0.15, 0.2) is 53.4 Å². The second kappa shape index (κ2) is 11.9. The van der Waals surface area contributed by atoms with Crippen LogP contribution >= 0.6 is 0 Å². The SMILES string of the molecule is CC(C)NC(=O)Nc1ccc2c(c1)C(=O)N([C@@H](C)CO)C[C@H](C)[C@H](CN(C)S(=O)(=O)c1ccccc1)O2. The van der Waals surface area contributed by atoms with E-state index in [4.69, 9.17) is 4.74 Å². The number of nitrogens with zero attached hydrogens (tertiary/aromatic N) is 2. The third-order valence-electron chi connectivity index (χ3n) is 6.23. The standard InChI is InChI=1S/C26H36N4O6S/c1-17(2)27-26(33)28-20-11-12-23-22(13-20)25(32)30(19(4)16-31)14-18(3)24(36-23)15-29(5)37(34,35)21-9-7-6-8-10-21/h6-13,17-19,24,31H,14-16H2,1-5H3,(H2,27,28,33)/t18-,19-,24-/m0/s1. The molecule has 0 aliphatic carbocycles. The van der Waals surface area contributed by atoms with E-state index in [2.05, 4.69) is 10.6 Å². The number of benzene rings is 2. The maximum absolute atomic E-state index is 13.5. The maximum Gasteiger partial charge on any atom is 0.319 e. The molecule has 1 aliphatic heterocycles. The van der Waals surface area contributed by atoms with Gasteiger partial charge in [0.05, 0.1) is 29.7 Å². The quantitative estimate of drug-likeness (QED) is 0.480. The van der Waals surface area contributed by atoms with Crippen molar-refractivity contribution in [3.8, 4) is 5.75 Å². The predicted octanol–water partition coefficient (Wildman–Crippen LogP) is 2.76. The van der Waals surface area contributed by atoms with Crippen molar-refractivity contribution in [2.75, 3.05) is 32.1 Å². The third-order valence-corrected chi connectivity index (χ3v) is 8.07. The normalized spacial score (nSPS) is 19.0. The lowest BCUT2D eigenvalue weighted by Crippen LogP contribution is -2.50. The highest BCUT2D eigenvalue weighted by Gasteiger charge is 2.35. The van der Waals surface area contributed by atoms with E-state index in [-0.39, 0.29) is 53.8 Å². The van der Waals surface area contributed by atoms with Crippen LogP contribution in [0, 0.1) is 5.92 Å². The van der Waals surface area contributed by atoms with Crippen LogP contribution in [-0.2, 0) is 10.0 Å². The molecule has 0 aromatic heterocycles. The maximum atomic E-state index is 13.5. The second-order valence-electron chi connectivity index (χ2n) is 9.69. The molecule has 1 aliphatic rings. The summed E-state index contributed by atoms with van der Waals surface area (Å²) in [6, 6.07) is 12.0. The van der Waals surface area contributed by atoms with Crippen molar-refractivity contribution in [1.29, 1.82) is 0 Å². The second-order valence-corrected chi connectivity index (χ2v) is 11.7. The Labute approximate surface area is 218 Å². The smallest absolute Gasteiger partial charge is 0.319 e. The van der Waals surface area contributed by atoms with Crippen LogP contribution in [0.3, 0.4) is 0 Å². The molecule has 3 N–H and O–H groups in total. The molecule has 3 rings (SSSR count). The molecule has 2 aromatic carbocycles. The lowest BCUT2D eigenvalue weighted by atomic mass is 9.99.